The number of amides is 1. The average Bonchev–Trinajstić information content (AvgIpc) is 3.02. The van der Waals surface area contributed by atoms with E-state index in [1.165, 1.54) is 11.6 Å². The number of benzene rings is 1. The molecule has 164 valence electrons. The largest absolute Gasteiger partial charge is 0.451 e. The highest BCUT2D eigenvalue weighted by Gasteiger charge is 2.16. The Hall–Kier alpha value is -3.33. The number of esters is 1. The van der Waals surface area contributed by atoms with Crippen LogP contribution in [0.1, 0.15) is 49.2 Å². The Bertz CT molecular complexity index is 968. The molecule has 1 aromatic carbocycles. The Morgan fingerprint density at radius 1 is 1.26 bits per heavy atom. The zero-order valence-corrected chi connectivity index (χ0v) is 18.8. The van der Waals surface area contributed by atoms with Crippen LogP contribution >= 0.6 is 0 Å². The number of carbonyl (C=O) groups excluding carboxylic acids is 2. The molecular formula is C25H31N3O3. The standard InChI is InChI=1S/C25H31N3O3/c1-5-13-28-19(3)14-22(20(28)4)15-23(16-26)25(30)31-17-24(29)27-18(2)11-12-21-9-7-6-8-10-21/h6-10,14-15,18H,5,11-13,17H2,1-4H3,(H,27,29)/b23-15+. The van der Waals surface area contributed by atoms with E-state index in [1.807, 2.05) is 63.2 Å². The first-order chi connectivity index (χ1) is 14.8. The van der Waals surface area contributed by atoms with Crippen molar-refractivity contribution in [1.82, 2.24) is 9.88 Å². The van der Waals surface area contributed by atoms with E-state index in [1.54, 1.807) is 0 Å². The second-order valence-electron chi connectivity index (χ2n) is 7.72. The van der Waals surface area contributed by atoms with Gasteiger partial charge in [0.15, 0.2) is 6.61 Å². The smallest absolute Gasteiger partial charge is 0.349 e. The third kappa shape index (κ3) is 7.14. The van der Waals surface area contributed by atoms with E-state index >= 15 is 0 Å². The average molecular weight is 422 g/mol. The van der Waals surface area contributed by atoms with Crippen molar-refractivity contribution in [3.63, 3.8) is 0 Å². The van der Waals surface area contributed by atoms with E-state index in [4.69, 9.17) is 4.74 Å². The van der Waals surface area contributed by atoms with Gasteiger partial charge in [-0.15, -0.1) is 0 Å². The van der Waals surface area contributed by atoms with Crippen molar-refractivity contribution < 1.29 is 14.3 Å². The summed E-state index contributed by atoms with van der Waals surface area (Å²) in [5.41, 5.74) is 3.95. The van der Waals surface area contributed by atoms with Crippen molar-refractivity contribution in [2.24, 2.45) is 0 Å². The third-order valence-corrected chi connectivity index (χ3v) is 5.15. The van der Waals surface area contributed by atoms with Crippen molar-refractivity contribution >= 4 is 18.0 Å². The zero-order chi connectivity index (χ0) is 22.8. The molecule has 0 fully saturated rings. The van der Waals surface area contributed by atoms with Gasteiger partial charge in [0.2, 0.25) is 0 Å². The fourth-order valence-electron chi connectivity index (χ4n) is 3.46. The Morgan fingerprint density at radius 2 is 1.97 bits per heavy atom. The lowest BCUT2D eigenvalue weighted by atomic mass is 10.1. The van der Waals surface area contributed by atoms with Gasteiger partial charge in [-0.05, 0) is 63.3 Å². The highest BCUT2D eigenvalue weighted by atomic mass is 16.5. The van der Waals surface area contributed by atoms with Crippen molar-refractivity contribution in [3.8, 4) is 6.07 Å². The number of aromatic nitrogens is 1. The summed E-state index contributed by atoms with van der Waals surface area (Å²) < 4.78 is 7.22. The summed E-state index contributed by atoms with van der Waals surface area (Å²) in [4.78, 5) is 24.4. The molecule has 2 rings (SSSR count). The number of aryl methyl sites for hydroxylation is 2. The molecule has 1 atom stereocenters. The van der Waals surface area contributed by atoms with Crippen LogP contribution in [0.5, 0.6) is 0 Å². The lowest BCUT2D eigenvalue weighted by molar-refractivity contribution is -0.144. The van der Waals surface area contributed by atoms with Gasteiger partial charge in [-0.3, -0.25) is 4.79 Å². The van der Waals surface area contributed by atoms with E-state index in [0.29, 0.717) is 0 Å². The molecule has 0 saturated carbocycles. The summed E-state index contributed by atoms with van der Waals surface area (Å²) in [5, 5.41) is 12.2. The van der Waals surface area contributed by atoms with Crippen molar-refractivity contribution in [3.05, 3.63) is 64.5 Å². The summed E-state index contributed by atoms with van der Waals surface area (Å²) in [7, 11) is 0. The topological polar surface area (TPSA) is 84.1 Å². The highest BCUT2D eigenvalue weighted by Crippen LogP contribution is 2.19. The summed E-state index contributed by atoms with van der Waals surface area (Å²) in [6.07, 6.45) is 4.14. The number of ether oxygens (including phenoxy) is 1. The fourth-order valence-corrected chi connectivity index (χ4v) is 3.46. The highest BCUT2D eigenvalue weighted by molar-refractivity contribution is 5.99. The Labute approximate surface area is 184 Å². The maximum atomic E-state index is 12.3. The quantitative estimate of drug-likeness (QED) is 0.356. The summed E-state index contributed by atoms with van der Waals surface area (Å²) in [5.74, 6) is -1.18. The minimum Gasteiger partial charge on any atom is -0.451 e. The molecule has 1 heterocycles. The van der Waals surface area contributed by atoms with Crippen LogP contribution in [0.15, 0.2) is 42.0 Å². The number of nitriles is 1. The number of carbonyl (C=O) groups is 2. The van der Waals surface area contributed by atoms with Gasteiger partial charge in [0.25, 0.3) is 5.91 Å². The third-order valence-electron chi connectivity index (χ3n) is 5.15. The molecule has 1 amide bonds. The van der Waals surface area contributed by atoms with Crippen LogP contribution in [-0.4, -0.2) is 29.1 Å². The molecule has 1 unspecified atom stereocenters. The second-order valence-corrected chi connectivity index (χ2v) is 7.72. The normalized spacial score (nSPS) is 12.2. The van der Waals surface area contributed by atoms with E-state index in [9.17, 15) is 14.9 Å². The van der Waals surface area contributed by atoms with E-state index in [-0.39, 0.29) is 17.5 Å². The first-order valence-corrected chi connectivity index (χ1v) is 10.6. The monoisotopic (exact) mass is 421 g/mol. The molecule has 0 spiro atoms. The molecule has 6 nitrogen and oxygen atoms in total. The van der Waals surface area contributed by atoms with Gasteiger partial charge in [-0.2, -0.15) is 5.26 Å². The lowest BCUT2D eigenvalue weighted by Crippen LogP contribution is -2.36. The maximum absolute atomic E-state index is 12.3. The number of nitrogens with one attached hydrogen (secondary N) is 1. The Kier molecular flexibility index (Phi) is 9.08. The fraction of sp³-hybridized carbons (Fsp3) is 0.400. The van der Waals surface area contributed by atoms with Crippen LogP contribution < -0.4 is 5.32 Å². The first kappa shape index (κ1) is 23.9. The van der Waals surface area contributed by atoms with Crippen LogP contribution in [0.3, 0.4) is 0 Å². The zero-order valence-electron chi connectivity index (χ0n) is 18.8. The molecule has 0 aliphatic heterocycles. The Balaban J connectivity index is 1.88. The van der Waals surface area contributed by atoms with Crippen LogP contribution in [0, 0.1) is 25.2 Å². The van der Waals surface area contributed by atoms with Crippen LogP contribution in [0.2, 0.25) is 0 Å². The molecular weight excluding hydrogens is 390 g/mol. The van der Waals surface area contributed by atoms with Gasteiger partial charge in [-0.1, -0.05) is 37.3 Å². The van der Waals surface area contributed by atoms with Gasteiger partial charge in [0.05, 0.1) is 0 Å². The van der Waals surface area contributed by atoms with Crippen molar-refractivity contribution in [2.45, 2.75) is 59.5 Å². The summed E-state index contributed by atoms with van der Waals surface area (Å²) >= 11 is 0. The van der Waals surface area contributed by atoms with Gasteiger partial charge in [0, 0.05) is 24.0 Å². The summed E-state index contributed by atoms with van der Waals surface area (Å²) in [6, 6.07) is 13.8. The first-order valence-electron chi connectivity index (χ1n) is 10.6. The molecule has 0 radical (unpaired) electrons. The molecule has 1 N–H and O–H groups in total. The predicted molar refractivity (Wildman–Crippen MR) is 121 cm³/mol. The number of hydrogen-bond donors (Lipinski definition) is 1. The molecule has 0 aliphatic rings. The van der Waals surface area contributed by atoms with Gasteiger partial charge in [-0.25, -0.2) is 4.79 Å². The lowest BCUT2D eigenvalue weighted by Gasteiger charge is -2.14. The molecule has 0 bridgehead atoms. The minimum absolute atomic E-state index is 0.0543. The van der Waals surface area contributed by atoms with E-state index < -0.39 is 12.6 Å². The molecule has 1 aromatic heterocycles. The molecule has 0 aliphatic carbocycles. The van der Waals surface area contributed by atoms with Crippen LogP contribution in [-0.2, 0) is 27.3 Å². The Morgan fingerprint density at radius 3 is 2.61 bits per heavy atom. The minimum atomic E-state index is -0.796. The van der Waals surface area contributed by atoms with Gasteiger partial charge >= 0.3 is 5.97 Å². The molecule has 31 heavy (non-hydrogen) atoms. The molecule has 6 heteroatoms. The number of hydrogen-bond acceptors (Lipinski definition) is 4. The predicted octanol–water partition coefficient (Wildman–Crippen LogP) is 4.10. The number of nitrogens with zero attached hydrogens (tertiary/aromatic N) is 2. The molecule has 0 saturated heterocycles. The summed E-state index contributed by atoms with van der Waals surface area (Å²) in [6.45, 7) is 8.42. The SMILES string of the molecule is CCCn1c(C)cc(/C=C(\C#N)C(=O)OCC(=O)NC(C)CCc2ccccc2)c1C. The number of rotatable bonds is 10. The van der Waals surface area contributed by atoms with Gasteiger partial charge in [0.1, 0.15) is 11.6 Å². The van der Waals surface area contributed by atoms with Crippen molar-refractivity contribution in [2.75, 3.05) is 6.61 Å². The maximum Gasteiger partial charge on any atom is 0.349 e. The van der Waals surface area contributed by atoms with E-state index in [2.05, 4.69) is 16.8 Å². The van der Waals surface area contributed by atoms with Gasteiger partial charge < -0.3 is 14.6 Å². The van der Waals surface area contributed by atoms with Crippen molar-refractivity contribution in [1.29, 1.82) is 5.26 Å². The van der Waals surface area contributed by atoms with E-state index in [0.717, 1.165) is 42.8 Å². The van der Waals surface area contributed by atoms with Crippen LogP contribution in [0.25, 0.3) is 6.08 Å². The van der Waals surface area contributed by atoms with Crippen LogP contribution in [0.4, 0.5) is 0 Å². The second kappa shape index (κ2) is 11.8. The molecule has 2 aromatic rings.